The van der Waals surface area contributed by atoms with E-state index in [2.05, 4.69) is 64.1 Å². The maximum Gasteiger partial charge on any atom is 0.0540 e. The normalized spacial score (nSPS) is 14.2. The summed E-state index contributed by atoms with van der Waals surface area (Å²) >= 11 is 0. The highest BCUT2D eigenvalue weighted by Crippen LogP contribution is 2.26. The molecule has 0 aliphatic carbocycles. The first-order chi connectivity index (χ1) is 9.81. The van der Waals surface area contributed by atoms with Gasteiger partial charge in [0.2, 0.25) is 0 Å². The molecule has 0 aliphatic rings. The van der Waals surface area contributed by atoms with Crippen LogP contribution >= 0.6 is 0 Å². The molecule has 0 bridgehead atoms. The average Bonchev–Trinajstić information content (AvgIpc) is 2.68. The first-order valence-electron chi connectivity index (χ1n) is 7.63. The molecular weight excluding hydrogens is 258 g/mol. The van der Waals surface area contributed by atoms with Crippen LogP contribution < -0.4 is 5.32 Å². The van der Waals surface area contributed by atoms with Gasteiger partial charge in [0.05, 0.1) is 6.20 Å². The van der Waals surface area contributed by atoms with Gasteiger partial charge in [-0.3, -0.25) is 4.68 Å². The Morgan fingerprint density at radius 1 is 1.00 bits per heavy atom. The molecule has 0 aliphatic heterocycles. The van der Waals surface area contributed by atoms with Gasteiger partial charge in [-0.2, -0.15) is 5.10 Å². The summed E-state index contributed by atoms with van der Waals surface area (Å²) in [4.78, 5) is 0. The van der Waals surface area contributed by atoms with Crippen LogP contribution in [0.2, 0.25) is 0 Å². The molecule has 3 nitrogen and oxygen atoms in total. The van der Waals surface area contributed by atoms with Crippen LogP contribution in [-0.4, -0.2) is 9.78 Å². The van der Waals surface area contributed by atoms with Crippen LogP contribution in [-0.2, 0) is 7.05 Å². The van der Waals surface area contributed by atoms with Crippen LogP contribution in [0, 0.1) is 27.7 Å². The van der Waals surface area contributed by atoms with Crippen LogP contribution in [0.25, 0.3) is 0 Å². The standard InChI is InChI=1S/C18H27N3/c1-11-8-12(2)18(13(3)9-11)15(5)20-14(4)17-10-19-21(7)16(17)6/h8-10,14-15,20H,1-7H3. The lowest BCUT2D eigenvalue weighted by Crippen LogP contribution is -2.24. The van der Waals surface area contributed by atoms with E-state index in [1.165, 1.54) is 33.5 Å². The van der Waals surface area contributed by atoms with Crippen LogP contribution in [0.4, 0.5) is 0 Å². The summed E-state index contributed by atoms with van der Waals surface area (Å²) in [6.07, 6.45) is 1.97. The highest BCUT2D eigenvalue weighted by Gasteiger charge is 2.17. The van der Waals surface area contributed by atoms with Gasteiger partial charge >= 0.3 is 0 Å². The molecule has 1 aromatic heterocycles. The number of benzene rings is 1. The molecule has 0 amide bonds. The van der Waals surface area contributed by atoms with Gasteiger partial charge in [0.25, 0.3) is 0 Å². The van der Waals surface area contributed by atoms with Crippen molar-refractivity contribution in [2.75, 3.05) is 0 Å². The molecule has 0 radical (unpaired) electrons. The zero-order valence-electron chi connectivity index (χ0n) is 14.3. The van der Waals surface area contributed by atoms with Gasteiger partial charge in [-0.25, -0.2) is 0 Å². The molecule has 0 saturated carbocycles. The summed E-state index contributed by atoms with van der Waals surface area (Å²) in [7, 11) is 1.99. The Bertz CT molecular complexity index is 617. The Balaban J connectivity index is 2.22. The van der Waals surface area contributed by atoms with E-state index in [0.29, 0.717) is 6.04 Å². The van der Waals surface area contributed by atoms with E-state index >= 15 is 0 Å². The number of rotatable bonds is 4. The minimum absolute atomic E-state index is 0.286. The summed E-state index contributed by atoms with van der Waals surface area (Å²) in [5.74, 6) is 0. The monoisotopic (exact) mass is 285 g/mol. The molecule has 0 fully saturated rings. The van der Waals surface area contributed by atoms with Gasteiger partial charge in [-0.15, -0.1) is 0 Å². The fourth-order valence-electron chi connectivity index (χ4n) is 3.36. The molecule has 2 aromatic rings. The second kappa shape index (κ2) is 6.02. The molecule has 0 saturated heterocycles. The Kier molecular flexibility index (Phi) is 4.52. The summed E-state index contributed by atoms with van der Waals surface area (Å²) in [5, 5.41) is 8.06. The van der Waals surface area contributed by atoms with Gasteiger partial charge in [-0.1, -0.05) is 17.7 Å². The first kappa shape index (κ1) is 15.8. The number of nitrogens with zero attached hydrogens (tertiary/aromatic N) is 2. The largest absolute Gasteiger partial charge is 0.304 e. The van der Waals surface area contributed by atoms with Gasteiger partial charge in [0.1, 0.15) is 0 Å². The molecule has 1 heterocycles. The maximum atomic E-state index is 4.34. The fraction of sp³-hybridized carbons (Fsp3) is 0.500. The van der Waals surface area contributed by atoms with Crippen molar-refractivity contribution in [2.24, 2.45) is 7.05 Å². The van der Waals surface area contributed by atoms with Gasteiger partial charge in [0, 0.05) is 30.4 Å². The third kappa shape index (κ3) is 3.18. The number of aromatic nitrogens is 2. The minimum Gasteiger partial charge on any atom is -0.304 e. The second-order valence-electron chi connectivity index (χ2n) is 6.23. The molecule has 0 spiro atoms. The van der Waals surface area contributed by atoms with Crippen molar-refractivity contribution < 1.29 is 0 Å². The Hall–Kier alpha value is -1.61. The van der Waals surface area contributed by atoms with Crippen molar-refractivity contribution >= 4 is 0 Å². The van der Waals surface area contributed by atoms with E-state index < -0.39 is 0 Å². The number of hydrogen-bond donors (Lipinski definition) is 1. The first-order valence-corrected chi connectivity index (χ1v) is 7.63. The van der Waals surface area contributed by atoms with E-state index in [1.807, 2.05) is 17.9 Å². The molecule has 2 unspecified atom stereocenters. The van der Waals surface area contributed by atoms with Crippen molar-refractivity contribution in [1.82, 2.24) is 15.1 Å². The molecule has 21 heavy (non-hydrogen) atoms. The lowest BCUT2D eigenvalue weighted by Gasteiger charge is -2.24. The minimum atomic E-state index is 0.286. The summed E-state index contributed by atoms with van der Waals surface area (Å²) in [6, 6.07) is 5.13. The third-order valence-corrected chi connectivity index (χ3v) is 4.41. The fourth-order valence-corrected chi connectivity index (χ4v) is 3.36. The molecule has 1 aromatic carbocycles. The predicted molar refractivity (Wildman–Crippen MR) is 88.6 cm³/mol. The molecular formula is C18H27N3. The van der Waals surface area contributed by atoms with Crippen molar-refractivity contribution in [1.29, 1.82) is 0 Å². The van der Waals surface area contributed by atoms with Gasteiger partial charge in [0.15, 0.2) is 0 Å². The van der Waals surface area contributed by atoms with Crippen LogP contribution in [0.5, 0.6) is 0 Å². The van der Waals surface area contributed by atoms with Crippen LogP contribution in [0.3, 0.4) is 0 Å². The van der Waals surface area contributed by atoms with Crippen molar-refractivity contribution in [2.45, 2.75) is 53.6 Å². The lowest BCUT2D eigenvalue weighted by atomic mass is 9.94. The smallest absolute Gasteiger partial charge is 0.0540 e. The molecule has 1 N–H and O–H groups in total. The van der Waals surface area contributed by atoms with E-state index in [-0.39, 0.29) is 6.04 Å². The quantitative estimate of drug-likeness (QED) is 0.918. The lowest BCUT2D eigenvalue weighted by molar-refractivity contribution is 0.489. The zero-order valence-corrected chi connectivity index (χ0v) is 14.3. The van der Waals surface area contributed by atoms with E-state index in [0.717, 1.165) is 0 Å². The summed E-state index contributed by atoms with van der Waals surface area (Å²) in [5.41, 5.74) is 7.96. The number of nitrogens with one attached hydrogen (secondary N) is 1. The molecule has 2 atom stereocenters. The SMILES string of the molecule is Cc1cc(C)c(C(C)NC(C)c2cnn(C)c2C)c(C)c1. The van der Waals surface area contributed by atoms with Crippen molar-refractivity contribution in [3.05, 3.63) is 51.8 Å². The Morgan fingerprint density at radius 2 is 1.57 bits per heavy atom. The van der Waals surface area contributed by atoms with Gasteiger partial charge in [-0.05, 0) is 58.2 Å². The highest BCUT2D eigenvalue weighted by molar-refractivity contribution is 5.39. The maximum absolute atomic E-state index is 4.34. The average molecular weight is 285 g/mol. The van der Waals surface area contributed by atoms with Crippen LogP contribution in [0.1, 0.15) is 59.4 Å². The second-order valence-corrected chi connectivity index (χ2v) is 6.23. The zero-order chi connectivity index (χ0) is 15.7. The van der Waals surface area contributed by atoms with E-state index in [9.17, 15) is 0 Å². The number of hydrogen-bond acceptors (Lipinski definition) is 2. The third-order valence-electron chi connectivity index (χ3n) is 4.41. The molecule has 3 heteroatoms. The highest BCUT2D eigenvalue weighted by atomic mass is 15.3. The molecule has 2 rings (SSSR count). The van der Waals surface area contributed by atoms with Crippen molar-refractivity contribution in [3.8, 4) is 0 Å². The topological polar surface area (TPSA) is 29.9 Å². The predicted octanol–water partition coefficient (Wildman–Crippen LogP) is 4.07. The molecule has 114 valence electrons. The summed E-state index contributed by atoms with van der Waals surface area (Å²) in [6.45, 7) is 13.1. The Morgan fingerprint density at radius 3 is 2.05 bits per heavy atom. The van der Waals surface area contributed by atoms with E-state index in [4.69, 9.17) is 0 Å². The number of aryl methyl sites for hydroxylation is 4. The van der Waals surface area contributed by atoms with Gasteiger partial charge < -0.3 is 5.32 Å². The summed E-state index contributed by atoms with van der Waals surface area (Å²) < 4.78 is 1.93. The Labute approximate surface area is 128 Å². The van der Waals surface area contributed by atoms with Crippen LogP contribution in [0.15, 0.2) is 18.3 Å². The van der Waals surface area contributed by atoms with Crippen molar-refractivity contribution in [3.63, 3.8) is 0 Å². The van der Waals surface area contributed by atoms with E-state index in [1.54, 1.807) is 0 Å².